The van der Waals surface area contributed by atoms with Crippen LogP contribution in [-0.2, 0) is 18.4 Å². The van der Waals surface area contributed by atoms with Crippen LogP contribution in [0.2, 0.25) is 0 Å². The second-order valence-electron chi connectivity index (χ2n) is 5.69. The standard InChI is InChI=1S/C11H20N4O.C2HF3O2/c1-9-10(15(3)8-13-9)4-14(2)7-11(16)5-12-6-11;3-2(4,5)1(6)7/h8,12,16H,4-7H2,1-3H3;(H,6,7). The van der Waals surface area contributed by atoms with Gasteiger partial charge in [-0.3, -0.25) is 4.90 Å². The third-order valence-electron chi connectivity index (χ3n) is 3.40. The summed E-state index contributed by atoms with van der Waals surface area (Å²) < 4.78 is 33.8. The Morgan fingerprint density at radius 1 is 1.52 bits per heavy atom. The summed E-state index contributed by atoms with van der Waals surface area (Å²) in [5.41, 5.74) is 1.73. The molecule has 1 aromatic rings. The van der Waals surface area contributed by atoms with E-state index < -0.39 is 17.7 Å². The number of alkyl halides is 3. The maximum Gasteiger partial charge on any atom is 0.490 e. The molecule has 2 rings (SSSR count). The Hall–Kier alpha value is -1.65. The zero-order chi connectivity index (χ0) is 17.8. The van der Waals surface area contributed by atoms with E-state index in [1.54, 1.807) is 0 Å². The largest absolute Gasteiger partial charge is 0.490 e. The lowest BCUT2D eigenvalue weighted by Crippen LogP contribution is -2.64. The van der Waals surface area contributed by atoms with E-state index in [2.05, 4.69) is 15.2 Å². The quantitative estimate of drug-likeness (QED) is 0.723. The van der Waals surface area contributed by atoms with Gasteiger partial charge in [0.15, 0.2) is 0 Å². The molecule has 10 heteroatoms. The molecule has 1 saturated heterocycles. The maximum absolute atomic E-state index is 10.6. The fourth-order valence-electron chi connectivity index (χ4n) is 2.14. The molecule has 7 nitrogen and oxygen atoms in total. The molecule has 23 heavy (non-hydrogen) atoms. The predicted octanol–water partition coefficient (Wildman–Crippen LogP) is 0.128. The number of β-amino-alcohol motifs (C(OH)–C–C–N with tert-alkyl or cyclic N) is 1. The van der Waals surface area contributed by atoms with Crippen molar-refractivity contribution in [1.29, 1.82) is 0 Å². The zero-order valence-electron chi connectivity index (χ0n) is 13.2. The number of hydrogen-bond acceptors (Lipinski definition) is 5. The molecular weight excluding hydrogens is 317 g/mol. The average molecular weight is 338 g/mol. The molecule has 0 atom stereocenters. The lowest BCUT2D eigenvalue weighted by atomic mass is 9.97. The third-order valence-corrected chi connectivity index (χ3v) is 3.40. The van der Waals surface area contributed by atoms with Crippen molar-refractivity contribution in [3.63, 3.8) is 0 Å². The molecule has 0 amide bonds. The number of aryl methyl sites for hydroxylation is 2. The highest BCUT2D eigenvalue weighted by atomic mass is 19.4. The van der Waals surface area contributed by atoms with E-state index >= 15 is 0 Å². The molecular formula is C13H21F3N4O3. The van der Waals surface area contributed by atoms with Gasteiger partial charge in [-0.2, -0.15) is 13.2 Å². The summed E-state index contributed by atoms with van der Waals surface area (Å²) in [4.78, 5) is 15.3. The van der Waals surface area contributed by atoms with E-state index in [1.165, 1.54) is 5.69 Å². The molecule has 0 saturated carbocycles. The van der Waals surface area contributed by atoms with Crippen LogP contribution in [0.5, 0.6) is 0 Å². The lowest BCUT2D eigenvalue weighted by molar-refractivity contribution is -0.192. The lowest BCUT2D eigenvalue weighted by Gasteiger charge is -2.40. The van der Waals surface area contributed by atoms with Crippen LogP contribution in [0.3, 0.4) is 0 Å². The first-order chi connectivity index (χ1) is 10.4. The molecule has 1 aliphatic heterocycles. The number of aromatic nitrogens is 2. The highest BCUT2D eigenvalue weighted by molar-refractivity contribution is 5.73. The summed E-state index contributed by atoms with van der Waals surface area (Å²) >= 11 is 0. The first-order valence-electron chi connectivity index (χ1n) is 6.83. The first-order valence-corrected chi connectivity index (χ1v) is 6.83. The Balaban J connectivity index is 0.000000322. The van der Waals surface area contributed by atoms with Crippen molar-refractivity contribution in [2.45, 2.75) is 25.2 Å². The van der Waals surface area contributed by atoms with E-state index in [-0.39, 0.29) is 0 Å². The van der Waals surface area contributed by atoms with Gasteiger partial charge in [-0.1, -0.05) is 0 Å². The molecule has 0 unspecified atom stereocenters. The number of carbonyl (C=O) groups is 1. The summed E-state index contributed by atoms with van der Waals surface area (Å²) in [6.07, 6.45) is -3.25. The van der Waals surface area contributed by atoms with Gasteiger partial charge >= 0.3 is 12.1 Å². The number of carboxylic acid groups (broad SMARTS) is 1. The molecule has 0 spiro atoms. The molecule has 0 bridgehead atoms. The fraction of sp³-hybridized carbons (Fsp3) is 0.692. The van der Waals surface area contributed by atoms with Crippen LogP contribution >= 0.6 is 0 Å². The molecule has 0 radical (unpaired) electrons. The SMILES string of the molecule is Cc1ncn(C)c1CN(C)CC1(O)CNC1.O=C(O)C(F)(F)F. The van der Waals surface area contributed by atoms with E-state index in [9.17, 15) is 18.3 Å². The van der Waals surface area contributed by atoms with Gasteiger partial charge in [-0.05, 0) is 14.0 Å². The summed E-state index contributed by atoms with van der Waals surface area (Å²) in [5, 5.41) is 20.2. The van der Waals surface area contributed by atoms with Crippen molar-refractivity contribution in [3.05, 3.63) is 17.7 Å². The number of nitrogens with zero attached hydrogens (tertiary/aromatic N) is 3. The Morgan fingerprint density at radius 3 is 2.35 bits per heavy atom. The molecule has 0 aromatic carbocycles. The maximum atomic E-state index is 10.6. The number of likely N-dealkylation sites (N-methyl/N-ethyl adjacent to an activating group) is 1. The van der Waals surface area contributed by atoms with Crippen molar-refractivity contribution >= 4 is 5.97 Å². The van der Waals surface area contributed by atoms with E-state index in [1.807, 2.05) is 31.9 Å². The van der Waals surface area contributed by atoms with Gasteiger partial charge in [0.25, 0.3) is 0 Å². The van der Waals surface area contributed by atoms with Gasteiger partial charge in [0.1, 0.15) is 5.60 Å². The summed E-state index contributed by atoms with van der Waals surface area (Å²) in [7, 11) is 4.03. The van der Waals surface area contributed by atoms with Crippen LogP contribution in [0.4, 0.5) is 13.2 Å². The van der Waals surface area contributed by atoms with E-state index in [4.69, 9.17) is 9.90 Å². The average Bonchev–Trinajstić information content (AvgIpc) is 2.68. The Labute approximate surface area is 131 Å². The second kappa shape index (κ2) is 7.28. The minimum absolute atomic E-state index is 0.540. The molecule has 1 aromatic heterocycles. The highest BCUT2D eigenvalue weighted by Gasteiger charge is 2.38. The normalized spacial score (nSPS) is 16.5. The number of imidazole rings is 1. The van der Waals surface area contributed by atoms with E-state index in [0.717, 1.165) is 12.2 Å². The van der Waals surface area contributed by atoms with Crippen molar-refractivity contribution < 1.29 is 28.2 Å². The van der Waals surface area contributed by atoms with Crippen molar-refractivity contribution in [2.24, 2.45) is 7.05 Å². The topological polar surface area (TPSA) is 90.6 Å². The van der Waals surface area contributed by atoms with Crippen LogP contribution in [0.25, 0.3) is 0 Å². The number of halogens is 3. The number of carboxylic acids is 1. The minimum Gasteiger partial charge on any atom is -0.475 e. The molecule has 1 fully saturated rings. The summed E-state index contributed by atoms with van der Waals surface area (Å²) in [6, 6.07) is 0. The fourth-order valence-corrected chi connectivity index (χ4v) is 2.14. The monoisotopic (exact) mass is 338 g/mol. The van der Waals surface area contributed by atoms with Gasteiger partial charge in [0.2, 0.25) is 0 Å². The predicted molar refractivity (Wildman–Crippen MR) is 75.8 cm³/mol. The molecule has 132 valence electrons. The number of aliphatic hydroxyl groups is 1. The number of hydrogen-bond donors (Lipinski definition) is 3. The molecule has 2 heterocycles. The molecule has 1 aliphatic rings. The van der Waals surface area contributed by atoms with Gasteiger partial charge in [0, 0.05) is 33.2 Å². The van der Waals surface area contributed by atoms with E-state index in [0.29, 0.717) is 19.6 Å². The van der Waals surface area contributed by atoms with Gasteiger partial charge in [-0.15, -0.1) is 0 Å². The third kappa shape index (κ3) is 5.81. The van der Waals surface area contributed by atoms with Crippen molar-refractivity contribution in [3.8, 4) is 0 Å². The molecule has 3 N–H and O–H groups in total. The summed E-state index contributed by atoms with van der Waals surface area (Å²) in [6.45, 7) is 4.93. The smallest absolute Gasteiger partial charge is 0.475 e. The van der Waals surface area contributed by atoms with Crippen molar-refractivity contribution in [1.82, 2.24) is 19.8 Å². The Bertz CT molecular complexity index is 522. The number of rotatable bonds is 4. The van der Waals surface area contributed by atoms with Gasteiger partial charge < -0.3 is 20.1 Å². The molecule has 0 aliphatic carbocycles. The Kier molecular flexibility index (Phi) is 6.14. The van der Waals surface area contributed by atoms with Crippen molar-refractivity contribution in [2.75, 3.05) is 26.7 Å². The van der Waals surface area contributed by atoms with Gasteiger partial charge in [-0.25, -0.2) is 9.78 Å². The van der Waals surface area contributed by atoms with Gasteiger partial charge in [0.05, 0.1) is 17.7 Å². The summed E-state index contributed by atoms with van der Waals surface area (Å²) in [5.74, 6) is -2.76. The minimum atomic E-state index is -5.08. The van der Waals surface area contributed by atoms with Crippen LogP contribution in [0.15, 0.2) is 6.33 Å². The number of aliphatic carboxylic acids is 1. The zero-order valence-corrected chi connectivity index (χ0v) is 13.2. The van der Waals surface area contributed by atoms with Crippen LogP contribution in [-0.4, -0.2) is 69.1 Å². The number of nitrogens with one attached hydrogen (secondary N) is 1. The first kappa shape index (κ1) is 19.4. The van der Waals surface area contributed by atoms with Crippen LogP contribution in [0, 0.1) is 6.92 Å². The van der Waals surface area contributed by atoms with Crippen LogP contribution in [0.1, 0.15) is 11.4 Å². The van der Waals surface area contributed by atoms with Crippen LogP contribution < -0.4 is 5.32 Å². The second-order valence-corrected chi connectivity index (χ2v) is 5.69. The highest BCUT2D eigenvalue weighted by Crippen LogP contribution is 2.14. The Morgan fingerprint density at radius 2 is 2.04 bits per heavy atom.